The van der Waals surface area contributed by atoms with Gasteiger partial charge in [0.1, 0.15) is 5.82 Å². The molecule has 1 N–H and O–H groups in total. The Kier molecular flexibility index (Phi) is 7.17. The van der Waals surface area contributed by atoms with E-state index in [1.165, 1.54) is 17.7 Å². The van der Waals surface area contributed by atoms with Crippen molar-refractivity contribution in [2.24, 2.45) is 0 Å². The van der Waals surface area contributed by atoms with Gasteiger partial charge in [-0.05, 0) is 50.3 Å². The Morgan fingerprint density at radius 1 is 1.12 bits per heavy atom. The van der Waals surface area contributed by atoms with Gasteiger partial charge in [0.15, 0.2) is 0 Å². The van der Waals surface area contributed by atoms with E-state index in [-0.39, 0.29) is 35.1 Å². The van der Waals surface area contributed by atoms with Crippen LogP contribution < -0.4 is 5.32 Å². The van der Waals surface area contributed by atoms with E-state index in [1.54, 1.807) is 23.1 Å². The number of aryl methyl sites for hydroxylation is 1. The summed E-state index contributed by atoms with van der Waals surface area (Å²) in [6.07, 6.45) is 3.07. The van der Waals surface area contributed by atoms with Crippen LogP contribution in [0.4, 0.5) is 4.39 Å². The van der Waals surface area contributed by atoms with E-state index < -0.39 is 5.82 Å². The fourth-order valence-corrected chi connectivity index (χ4v) is 4.17. The Morgan fingerprint density at radius 3 is 2.55 bits per heavy atom. The van der Waals surface area contributed by atoms with Gasteiger partial charge in [-0.3, -0.25) is 9.59 Å². The summed E-state index contributed by atoms with van der Waals surface area (Å²) >= 11 is 0. The normalized spacial score (nSPS) is 15.3. The maximum absolute atomic E-state index is 13.9. The van der Waals surface area contributed by atoms with Gasteiger partial charge in [0, 0.05) is 31.1 Å². The van der Waals surface area contributed by atoms with Crippen LogP contribution in [0.1, 0.15) is 64.3 Å². The first-order chi connectivity index (χ1) is 16.0. The number of aromatic nitrogens is 1. The standard InChI is InChI=1S/C26H28FN3O3/c1-18(11-12-19-7-3-2-4-8-19)28-25(31)24-17-23(29-33-24)20-13-15-30(16-14-20)26(32)21-9-5-6-10-22(21)27/h2-10,17-18,20H,11-16H2,1H3,(H,28,31)/t18-/m1/s1. The monoisotopic (exact) mass is 449 g/mol. The summed E-state index contributed by atoms with van der Waals surface area (Å²) in [5.74, 6) is -0.788. The van der Waals surface area contributed by atoms with E-state index in [0.29, 0.717) is 25.9 Å². The van der Waals surface area contributed by atoms with Gasteiger partial charge in [-0.15, -0.1) is 0 Å². The third-order valence-corrected chi connectivity index (χ3v) is 6.14. The number of halogens is 1. The van der Waals surface area contributed by atoms with Gasteiger partial charge in [-0.2, -0.15) is 0 Å². The summed E-state index contributed by atoms with van der Waals surface area (Å²) in [5.41, 5.74) is 2.05. The lowest BCUT2D eigenvalue weighted by atomic mass is 9.93. The van der Waals surface area contributed by atoms with Crippen LogP contribution in [0.2, 0.25) is 0 Å². The molecule has 2 heterocycles. The molecule has 2 amide bonds. The second-order valence-corrected chi connectivity index (χ2v) is 8.56. The molecule has 1 aromatic heterocycles. The van der Waals surface area contributed by atoms with E-state index in [2.05, 4.69) is 22.6 Å². The van der Waals surface area contributed by atoms with E-state index in [4.69, 9.17) is 4.52 Å². The summed E-state index contributed by atoms with van der Waals surface area (Å²) in [5, 5.41) is 7.07. The molecule has 33 heavy (non-hydrogen) atoms. The Bertz CT molecular complexity index is 1090. The number of piperidine rings is 1. The molecule has 3 aromatic rings. The molecule has 172 valence electrons. The van der Waals surface area contributed by atoms with Gasteiger partial charge < -0.3 is 14.7 Å². The fraction of sp³-hybridized carbons (Fsp3) is 0.346. The summed E-state index contributed by atoms with van der Waals surface area (Å²) in [6.45, 7) is 2.98. The van der Waals surface area contributed by atoms with Gasteiger partial charge in [-0.25, -0.2) is 4.39 Å². The molecule has 0 saturated carbocycles. The number of nitrogens with zero attached hydrogens (tertiary/aromatic N) is 2. The third kappa shape index (κ3) is 5.66. The van der Waals surface area contributed by atoms with Crippen molar-refractivity contribution in [2.75, 3.05) is 13.1 Å². The lowest BCUT2D eigenvalue weighted by Gasteiger charge is -2.31. The number of nitrogens with one attached hydrogen (secondary N) is 1. The quantitative estimate of drug-likeness (QED) is 0.573. The Hall–Kier alpha value is -3.48. The lowest BCUT2D eigenvalue weighted by molar-refractivity contribution is 0.0706. The molecule has 4 rings (SSSR count). The van der Waals surface area contributed by atoms with E-state index in [9.17, 15) is 14.0 Å². The van der Waals surface area contributed by atoms with Crippen molar-refractivity contribution >= 4 is 11.8 Å². The highest BCUT2D eigenvalue weighted by Crippen LogP contribution is 2.28. The van der Waals surface area contributed by atoms with Crippen molar-refractivity contribution < 1.29 is 18.5 Å². The van der Waals surface area contributed by atoms with E-state index in [1.807, 2.05) is 25.1 Å². The number of likely N-dealkylation sites (tertiary alicyclic amines) is 1. The largest absolute Gasteiger partial charge is 0.351 e. The van der Waals surface area contributed by atoms with E-state index in [0.717, 1.165) is 18.5 Å². The highest BCUT2D eigenvalue weighted by Gasteiger charge is 2.28. The second kappa shape index (κ2) is 10.4. The molecule has 1 saturated heterocycles. The van der Waals surface area contributed by atoms with Crippen molar-refractivity contribution in [1.29, 1.82) is 0 Å². The zero-order valence-electron chi connectivity index (χ0n) is 18.7. The van der Waals surface area contributed by atoms with Crippen LogP contribution in [0.5, 0.6) is 0 Å². The number of hydrogen-bond acceptors (Lipinski definition) is 4. The summed E-state index contributed by atoms with van der Waals surface area (Å²) in [7, 11) is 0. The summed E-state index contributed by atoms with van der Waals surface area (Å²) in [6, 6.07) is 17.9. The Labute approximate surface area is 192 Å². The van der Waals surface area contributed by atoms with Crippen LogP contribution in [0.3, 0.4) is 0 Å². The van der Waals surface area contributed by atoms with Crippen molar-refractivity contribution in [1.82, 2.24) is 15.4 Å². The highest BCUT2D eigenvalue weighted by molar-refractivity contribution is 5.94. The maximum Gasteiger partial charge on any atom is 0.290 e. The van der Waals surface area contributed by atoms with Crippen LogP contribution >= 0.6 is 0 Å². The molecule has 0 aliphatic carbocycles. The van der Waals surface area contributed by atoms with Gasteiger partial charge in [0.25, 0.3) is 11.8 Å². The minimum absolute atomic E-state index is 0.00103. The average Bonchev–Trinajstić information content (AvgIpc) is 3.34. The molecule has 0 spiro atoms. The van der Waals surface area contributed by atoms with Gasteiger partial charge in [-0.1, -0.05) is 47.6 Å². The van der Waals surface area contributed by atoms with Crippen molar-refractivity contribution in [3.63, 3.8) is 0 Å². The average molecular weight is 450 g/mol. The third-order valence-electron chi connectivity index (χ3n) is 6.14. The zero-order valence-corrected chi connectivity index (χ0v) is 18.7. The van der Waals surface area contributed by atoms with Gasteiger partial charge in [0.05, 0.1) is 11.3 Å². The Balaban J connectivity index is 1.27. The topological polar surface area (TPSA) is 75.4 Å². The molecule has 1 aliphatic rings. The fourth-order valence-electron chi connectivity index (χ4n) is 4.17. The molecule has 0 radical (unpaired) electrons. The first-order valence-electron chi connectivity index (χ1n) is 11.4. The first kappa shape index (κ1) is 22.7. The smallest absolute Gasteiger partial charge is 0.290 e. The number of amides is 2. The number of carbonyl (C=O) groups excluding carboxylic acids is 2. The molecular weight excluding hydrogens is 421 g/mol. The van der Waals surface area contributed by atoms with E-state index >= 15 is 0 Å². The summed E-state index contributed by atoms with van der Waals surface area (Å²) in [4.78, 5) is 26.8. The molecular formula is C26H28FN3O3. The SMILES string of the molecule is C[C@H](CCc1ccccc1)NC(=O)c1cc(C2CCN(C(=O)c3ccccc3F)CC2)no1. The molecule has 2 aromatic carbocycles. The molecule has 7 heteroatoms. The number of carbonyl (C=O) groups is 2. The van der Waals surface area contributed by atoms with Crippen LogP contribution in [0, 0.1) is 5.82 Å². The van der Waals surface area contributed by atoms with Gasteiger partial charge in [0.2, 0.25) is 5.76 Å². The molecule has 6 nitrogen and oxygen atoms in total. The van der Waals surface area contributed by atoms with Crippen molar-refractivity contribution in [2.45, 2.75) is 44.6 Å². The molecule has 1 fully saturated rings. The summed E-state index contributed by atoms with van der Waals surface area (Å²) < 4.78 is 19.2. The molecule has 0 bridgehead atoms. The predicted octanol–water partition coefficient (Wildman–Crippen LogP) is 4.58. The maximum atomic E-state index is 13.9. The molecule has 0 unspecified atom stereocenters. The van der Waals surface area contributed by atoms with Crippen LogP contribution in [0.25, 0.3) is 0 Å². The number of hydrogen-bond donors (Lipinski definition) is 1. The number of benzene rings is 2. The second-order valence-electron chi connectivity index (χ2n) is 8.56. The van der Waals surface area contributed by atoms with Crippen molar-refractivity contribution in [3.8, 4) is 0 Å². The Morgan fingerprint density at radius 2 is 1.82 bits per heavy atom. The zero-order chi connectivity index (χ0) is 23.2. The lowest BCUT2D eigenvalue weighted by Crippen LogP contribution is -2.38. The van der Waals surface area contributed by atoms with Crippen molar-refractivity contribution in [3.05, 3.63) is 89.1 Å². The minimum Gasteiger partial charge on any atom is -0.351 e. The molecule has 1 atom stereocenters. The van der Waals surface area contributed by atoms with Crippen LogP contribution in [-0.4, -0.2) is 41.0 Å². The molecule has 1 aliphatic heterocycles. The van der Waals surface area contributed by atoms with Crippen LogP contribution in [0.15, 0.2) is 65.2 Å². The predicted molar refractivity (Wildman–Crippen MR) is 122 cm³/mol. The highest BCUT2D eigenvalue weighted by atomic mass is 19.1. The first-order valence-corrected chi connectivity index (χ1v) is 11.4. The number of rotatable bonds is 7. The minimum atomic E-state index is -0.505. The van der Waals surface area contributed by atoms with Gasteiger partial charge >= 0.3 is 0 Å². The van der Waals surface area contributed by atoms with Crippen LogP contribution in [-0.2, 0) is 6.42 Å².